The Labute approximate surface area is 171 Å². The van der Waals surface area contributed by atoms with Crippen LogP contribution >= 0.6 is 15.9 Å². The molecule has 3 rings (SSSR count). The number of nitrogens with one attached hydrogen (secondary N) is 2. The molecule has 0 aromatic heterocycles. The zero-order valence-electron chi connectivity index (χ0n) is 15.1. The van der Waals surface area contributed by atoms with Crippen molar-refractivity contribution >= 4 is 43.5 Å². The second kappa shape index (κ2) is 8.42. The predicted molar refractivity (Wildman–Crippen MR) is 108 cm³/mol. The third-order valence-electron chi connectivity index (χ3n) is 4.08. The molecule has 0 radical (unpaired) electrons. The normalized spacial score (nSPS) is 13.8. The number of hydrogen-bond acceptors (Lipinski definition) is 5. The minimum absolute atomic E-state index is 0.0104. The number of benzene rings is 2. The average Bonchev–Trinajstić information content (AvgIpc) is 3.45. The van der Waals surface area contributed by atoms with Crippen molar-refractivity contribution in [3.05, 3.63) is 58.1 Å². The van der Waals surface area contributed by atoms with Crippen molar-refractivity contribution in [1.29, 1.82) is 0 Å². The van der Waals surface area contributed by atoms with Gasteiger partial charge in [-0.15, -0.1) is 0 Å². The highest BCUT2D eigenvalue weighted by molar-refractivity contribution is 9.10. The summed E-state index contributed by atoms with van der Waals surface area (Å²) in [7, 11) is -3.67. The van der Waals surface area contributed by atoms with Crippen LogP contribution in [0.5, 0.6) is 0 Å². The van der Waals surface area contributed by atoms with Crippen LogP contribution in [0.2, 0.25) is 0 Å². The van der Waals surface area contributed by atoms with E-state index in [9.17, 15) is 18.0 Å². The first-order valence-corrected chi connectivity index (χ1v) is 10.9. The lowest BCUT2D eigenvalue weighted by atomic mass is 10.2. The minimum Gasteiger partial charge on any atom is -0.452 e. The molecule has 0 aliphatic heterocycles. The lowest BCUT2D eigenvalue weighted by molar-refractivity contribution is -0.119. The van der Waals surface area contributed by atoms with Crippen molar-refractivity contribution in [3.63, 3.8) is 0 Å². The highest BCUT2D eigenvalue weighted by Gasteiger charge is 2.28. The van der Waals surface area contributed by atoms with Crippen LogP contribution in [-0.4, -0.2) is 32.9 Å². The van der Waals surface area contributed by atoms with E-state index < -0.39 is 28.5 Å². The number of sulfonamides is 1. The van der Waals surface area contributed by atoms with Gasteiger partial charge in [-0.1, -0.05) is 22.0 Å². The van der Waals surface area contributed by atoms with Gasteiger partial charge >= 0.3 is 5.97 Å². The number of rotatable bonds is 7. The lowest BCUT2D eigenvalue weighted by Crippen LogP contribution is -2.26. The Balaban J connectivity index is 1.60. The second-order valence-corrected chi connectivity index (χ2v) is 9.14. The number of hydrogen-bond donors (Lipinski definition) is 2. The summed E-state index contributed by atoms with van der Waals surface area (Å²) in [6, 6.07) is 10.9. The first kappa shape index (κ1) is 20.5. The molecule has 2 aromatic carbocycles. The molecule has 1 fully saturated rings. The molecule has 0 saturated heterocycles. The van der Waals surface area contributed by atoms with Gasteiger partial charge in [0, 0.05) is 16.2 Å². The number of carbonyl (C=O) groups excluding carboxylic acids is 2. The maximum Gasteiger partial charge on any atom is 0.338 e. The molecule has 0 atom stereocenters. The molecule has 7 nitrogen and oxygen atoms in total. The molecule has 2 aromatic rings. The Morgan fingerprint density at radius 2 is 1.93 bits per heavy atom. The molecule has 9 heteroatoms. The van der Waals surface area contributed by atoms with Gasteiger partial charge in [0.15, 0.2) is 6.61 Å². The van der Waals surface area contributed by atoms with E-state index in [1.54, 1.807) is 12.1 Å². The fourth-order valence-corrected chi connectivity index (χ4v) is 4.27. The topological polar surface area (TPSA) is 102 Å². The number of carbonyl (C=O) groups is 2. The van der Waals surface area contributed by atoms with Crippen molar-refractivity contribution < 1.29 is 22.7 Å². The Bertz CT molecular complexity index is 1020. The zero-order chi connectivity index (χ0) is 20.3. The van der Waals surface area contributed by atoms with E-state index in [1.165, 1.54) is 24.3 Å². The van der Waals surface area contributed by atoms with Gasteiger partial charge in [0.1, 0.15) is 0 Å². The quantitative estimate of drug-likeness (QED) is 0.610. The summed E-state index contributed by atoms with van der Waals surface area (Å²) in [5.74, 6) is -1.26. The Hall–Kier alpha value is -2.23. The first-order valence-electron chi connectivity index (χ1n) is 8.60. The third-order valence-corrected chi connectivity index (χ3v) is 6.09. The molecule has 1 amide bonds. The molecule has 0 bridgehead atoms. The van der Waals surface area contributed by atoms with Crippen molar-refractivity contribution in [2.45, 2.75) is 30.7 Å². The largest absolute Gasteiger partial charge is 0.452 e. The highest BCUT2D eigenvalue weighted by atomic mass is 79.9. The monoisotopic (exact) mass is 466 g/mol. The summed E-state index contributed by atoms with van der Waals surface area (Å²) < 4.78 is 33.0. The van der Waals surface area contributed by atoms with Crippen LogP contribution in [0.15, 0.2) is 51.8 Å². The molecule has 148 valence electrons. The summed E-state index contributed by atoms with van der Waals surface area (Å²) in [5, 5.41) is 2.67. The Morgan fingerprint density at radius 3 is 2.61 bits per heavy atom. The fourth-order valence-electron chi connectivity index (χ4n) is 2.45. The molecule has 1 aliphatic carbocycles. The van der Waals surface area contributed by atoms with Gasteiger partial charge in [-0.3, -0.25) is 4.79 Å². The lowest BCUT2D eigenvalue weighted by Gasteiger charge is -2.10. The summed E-state index contributed by atoms with van der Waals surface area (Å²) in [6.45, 7) is 1.36. The third kappa shape index (κ3) is 5.40. The van der Waals surface area contributed by atoms with Gasteiger partial charge in [-0.2, -0.15) is 0 Å². The van der Waals surface area contributed by atoms with Crippen LogP contribution in [-0.2, 0) is 19.6 Å². The Morgan fingerprint density at radius 1 is 1.18 bits per heavy atom. The van der Waals surface area contributed by atoms with Crippen LogP contribution < -0.4 is 10.0 Å². The van der Waals surface area contributed by atoms with E-state index in [-0.39, 0.29) is 16.5 Å². The summed E-state index contributed by atoms with van der Waals surface area (Å²) in [6.07, 6.45) is 1.63. The molecule has 0 heterocycles. The fraction of sp³-hybridized carbons (Fsp3) is 0.263. The van der Waals surface area contributed by atoms with E-state index in [1.807, 2.05) is 13.0 Å². The molecule has 1 aliphatic rings. The van der Waals surface area contributed by atoms with Crippen LogP contribution in [0.4, 0.5) is 5.69 Å². The van der Waals surface area contributed by atoms with E-state index in [4.69, 9.17) is 4.74 Å². The molecule has 1 saturated carbocycles. The average molecular weight is 467 g/mol. The standard InChI is InChI=1S/C19H19BrN2O5S/c1-12-9-14(20)5-8-17(12)21-18(23)11-27-19(24)13-3-2-4-16(10-13)28(25,26)22-15-6-7-15/h2-5,8-10,15,22H,6-7,11H2,1H3,(H,21,23). The molecule has 2 N–H and O–H groups in total. The van der Waals surface area contributed by atoms with Gasteiger partial charge in [-0.05, 0) is 61.7 Å². The van der Waals surface area contributed by atoms with E-state index in [2.05, 4.69) is 26.0 Å². The minimum atomic E-state index is -3.67. The molecular weight excluding hydrogens is 448 g/mol. The van der Waals surface area contributed by atoms with Crippen LogP contribution in [0.3, 0.4) is 0 Å². The van der Waals surface area contributed by atoms with Crippen molar-refractivity contribution in [2.75, 3.05) is 11.9 Å². The van der Waals surface area contributed by atoms with E-state index in [0.29, 0.717) is 5.69 Å². The van der Waals surface area contributed by atoms with Gasteiger partial charge in [0.05, 0.1) is 10.5 Å². The SMILES string of the molecule is Cc1cc(Br)ccc1NC(=O)COC(=O)c1cccc(S(=O)(=O)NC2CC2)c1. The van der Waals surface area contributed by atoms with Crippen LogP contribution in [0, 0.1) is 6.92 Å². The number of anilines is 1. The predicted octanol–water partition coefficient (Wildman–Crippen LogP) is 2.99. The number of ether oxygens (including phenoxy) is 1. The Kier molecular flexibility index (Phi) is 6.17. The van der Waals surface area contributed by atoms with Crippen molar-refractivity contribution in [2.24, 2.45) is 0 Å². The van der Waals surface area contributed by atoms with Crippen LogP contribution in [0.1, 0.15) is 28.8 Å². The molecular formula is C19H19BrN2O5S. The smallest absolute Gasteiger partial charge is 0.338 e. The first-order chi connectivity index (χ1) is 13.2. The number of esters is 1. The summed E-state index contributed by atoms with van der Waals surface area (Å²) in [4.78, 5) is 24.2. The molecule has 0 spiro atoms. The van der Waals surface area contributed by atoms with E-state index >= 15 is 0 Å². The van der Waals surface area contributed by atoms with E-state index in [0.717, 1.165) is 22.9 Å². The number of aryl methyl sites for hydroxylation is 1. The maximum absolute atomic E-state index is 12.3. The number of halogens is 1. The summed E-state index contributed by atoms with van der Waals surface area (Å²) >= 11 is 3.34. The van der Waals surface area contributed by atoms with Gasteiger partial charge in [0.2, 0.25) is 10.0 Å². The molecule has 28 heavy (non-hydrogen) atoms. The van der Waals surface area contributed by atoms with Crippen molar-refractivity contribution in [1.82, 2.24) is 4.72 Å². The van der Waals surface area contributed by atoms with Crippen molar-refractivity contribution in [3.8, 4) is 0 Å². The van der Waals surface area contributed by atoms with Gasteiger partial charge in [0.25, 0.3) is 5.91 Å². The molecule has 0 unspecified atom stereocenters. The summed E-state index contributed by atoms with van der Waals surface area (Å²) in [5.41, 5.74) is 1.53. The number of amides is 1. The maximum atomic E-state index is 12.3. The second-order valence-electron chi connectivity index (χ2n) is 6.51. The zero-order valence-corrected chi connectivity index (χ0v) is 17.5. The van der Waals surface area contributed by atoms with Crippen LogP contribution in [0.25, 0.3) is 0 Å². The van der Waals surface area contributed by atoms with Gasteiger partial charge < -0.3 is 10.1 Å². The highest BCUT2D eigenvalue weighted by Crippen LogP contribution is 2.23. The van der Waals surface area contributed by atoms with Gasteiger partial charge in [-0.25, -0.2) is 17.9 Å².